The molecule has 0 aromatic carbocycles. The number of hydrogen-bond acceptors (Lipinski definition) is 6. The average Bonchev–Trinajstić information content (AvgIpc) is 2.99. The summed E-state index contributed by atoms with van der Waals surface area (Å²) in [6.45, 7) is 13.1. The highest BCUT2D eigenvalue weighted by Gasteiger charge is 2.69. The first-order chi connectivity index (χ1) is 16.9. The molecule has 2 saturated carbocycles. The van der Waals surface area contributed by atoms with Crippen LogP contribution in [0.4, 0.5) is 0 Å². The van der Waals surface area contributed by atoms with Crippen LogP contribution in [-0.4, -0.2) is 50.8 Å². The van der Waals surface area contributed by atoms with Crippen LogP contribution in [0.15, 0.2) is 22.8 Å². The topological polar surface area (TPSA) is 129 Å². The van der Waals surface area contributed by atoms with Crippen molar-refractivity contribution < 1.29 is 34.5 Å². The number of ketones is 3. The summed E-state index contributed by atoms with van der Waals surface area (Å²) in [4.78, 5) is 50.7. The van der Waals surface area contributed by atoms with Gasteiger partial charge in [-0.15, -0.1) is 0 Å². The summed E-state index contributed by atoms with van der Waals surface area (Å²) >= 11 is 0. The molecule has 37 heavy (non-hydrogen) atoms. The molecule has 4 aliphatic rings. The molecule has 0 aromatic heterocycles. The Hall–Kier alpha value is -2.12. The largest absolute Gasteiger partial charge is 0.481 e. The van der Waals surface area contributed by atoms with E-state index in [-0.39, 0.29) is 42.0 Å². The van der Waals surface area contributed by atoms with Crippen molar-refractivity contribution in [2.24, 2.45) is 39.4 Å². The average molecular weight is 515 g/mol. The van der Waals surface area contributed by atoms with E-state index in [9.17, 15) is 29.4 Å². The number of carbonyl (C=O) groups excluding carboxylic acids is 3. The minimum absolute atomic E-state index is 0.0379. The molecular formula is C30H42O7. The van der Waals surface area contributed by atoms with Crippen LogP contribution in [0, 0.1) is 39.4 Å². The number of allylic oxidation sites excluding steroid dienone is 3. The smallest absolute Gasteiger partial charge is 0.306 e. The molecule has 7 nitrogen and oxygen atoms in total. The second-order valence-corrected chi connectivity index (χ2v) is 13.5. The molecule has 7 heteroatoms. The van der Waals surface area contributed by atoms with Gasteiger partial charge in [0.1, 0.15) is 5.78 Å². The molecular weight excluding hydrogens is 472 g/mol. The monoisotopic (exact) mass is 514 g/mol. The van der Waals surface area contributed by atoms with E-state index in [0.717, 1.165) is 5.57 Å². The summed E-state index contributed by atoms with van der Waals surface area (Å²) in [7, 11) is 0. The van der Waals surface area contributed by atoms with Gasteiger partial charge in [-0.25, -0.2) is 0 Å². The van der Waals surface area contributed by atoms with Crippen LogP contribution in [0.1, 0.15) is 87.0 Å². The lowest BCUT2D eigenvalue weighted by molar-refractivity contribution is -0.145. The molecule has 0 radical (unpaired) electrons. The number of fused-ring (bicyclic) bond motifs is 4. The van der Waals surface area contributed by atoms with Gasteiger partial charge in [-0.3, -0.25) is 19.2 Å². The zero-order valence-corrected chi connectivity index (χ0v) is 23.2. The van der Waals surface area contributed by atoms with E-state index in [1.54, 1.807) is 0 Å². The van der Waals surface area contributed by atoms with E-state index >= 15 is 0 Å². The lowest BCUT2D eigenvalue weighted by atomic mass is 9.42. The summed E-state index contributed by atoms with van der Waals surface area (Å²) in [5.41, 5.74) is -0.855. The van der Waals surface area contributed by atoms with Gasteiger partial charge in [0, 0.05) is 41.1 Å². The van der Waals surface area contributed by atoms with Crippen LogP contribution in [0.25, 0.3) is 0 Å². The van der Waals surface area contributed by atoms with Gasteiger partial charge < -0.3 is 15.3 Å². The lowest BCUT2D eigenvalue weighted by Crippen LogP contribution is -2.60. The number of carboxylic acids is 1. The van der Waals surface area contributed by atoms with Crippen LogP contribution in [0.3, 0.4) is 0 Å². The summed E-state index contributed by atoms with van der Waals surface area (Å²) < 4.78 is 0. The van der Waals surface area contributed by atoms with Crippen LogP contribution in [0.2, 0.25) is 0 Å². The van der Waals surface area contributed by atoms with Gasteiger partial charge in [0.05, 0.1) is 18.1 Å². The molecule has 0 amide bonds. The predicted molar refractivity (Wildman–Crippen MR) is 137 cm³/mol. The van der Waals surface area contributed by atoms with E-state index < -0.39 is 45.8 Å². The zero-order chi connectivity index (χ0) is 27.9. The highest BCUT2D eigenvalue weighted by atomic mass is 16.4. The molecule has 0 saturated heterocycles. The van der Waals surface area contributed by atoms with Crippen LogP contribution in [-0.2, 0) is 19.2 Å². The summed E-state index contributed by atoms with van der Waals surface area (Å²) in [5, 5.41) is 32.4. The van der Waals surface area contributed by atoms with Crippen molar-refractivity contribution in [3.8, 4) is 0 Å². The molecule has 204 valence electrons. The first-order valence-electron chi connectivity index (χ1n) is 13.5. The second-order valence-electron chi connectivity index (χ2n) is 13.5. The molecule has 4 aliphatic carbocycles. The van der Waals surface area contributed by atoms with E-state index in [1.165, 1.54) is 13.0 Å². The van der Waals surface area contributed by atoms with Gasteiger partial charge >= 0.3 is 5.97 Å². The van der Waals surface area contributed by atoms with E-state index in [4.69, 9.17) is 5.11 Å². The Morgan fingerprint density at radius 1 is 1.08 bits per heavy atom. The van der Waals surface area contributed by atoms with Gasteiger partial charge in [0.2, 0.25) is 0 Å². The van der Waals surface area contributed by atoms with Crippen molar-refractivity contribution in [3.05, 3.63) is 22.8 Å². The van der Waals surface area contributed by atoms with Crippen molar-refractivity contribution in [1.82, 2.24) is 0 Å². The van der Waals surface area contributed by atoms with Gasteiger partial charge in [0.15, 0.2) is 11.6 Å². The molecule has 0 aromatic rings. The number of aliphatic hydroxyl groups is 2. The van der Waals surface area contributed by atoms with Crippen molar-refractivity contribution in [3.63, 3.8) is 0 Å². The summed E-state index contributed by atoms with van der Waals surface area (Å²) in [6.07, 6.45) is 1.42. The molecule has 2 fully saturated rings. The summed E-state index contributed by atoms with van der Waals surface area (Å²) in [5.74, 6) is -2.44. The normalized spacial score (nSPS) is 42.1. The first kappa shape index (κ1) is 27.9. The quantitative estimate of drug-likeness (QED) is 0.472. The Balaban J connectivity index is 1.80. The third-order valence-corrected chi connectivity index (χ3v) is 11.2. The number of aliphatic hydroxyl groups excluding tert-OH is 2. The Labute approximate surface area is 219 Å². The highest BCUT2D eigenvalue weighted by Crippen LogP contribution is 2.71. The molecule has 2 unspecified atom stereocenters. The molecule has 0 bridgehead atoms. The maximum Gasteiger partial charge on any atom is 0.306 e. The highest BCUT2D eigenvalue weighted by molar-refractivity contribution is 6.01. The lowest BCUT2D eigenvalue weighted by Gasteiger charge is -2.61. The van der Waals surface area contributed by atoms with Gasteiger partial charge in [-0.2, -0.15) is 0 Å². The van der Waals surface area contributed by atoms with Crippen molar-refractivity contribution in [2.45, 2.75) is 99.2 Å². The number of aliphatic carboxylic acids is 1. The number of rotatable bonds is 5. The van der Waals surface area contributed by atoms with Crippen LogP contribution >= 0.6 is 0 Å². The molecule has 0 heterocycles. The Morgan fingerprint density at radius 2 is 1.70 bits per heavy atom. The zero-order valence-electron chi connectivity index (χ0n) is 23.2. The SMILES string of the molecule is CC(=CC(=O)CC(C)C(=O)O)[C@H]1C[C@H](O)[C@@]2(C)C3=C(C(=O)C[C@]12C)[C@@]1(C)CCC(=O)C(C)(C)C1C[C@@H]3O. The van der Waals surface area contributed by atoms with Crippen molar-refractivity contribution >= 4 is 23.3 Å². The number of carboxylic acid groups (broad SMARTS) is 1. The van der Waals surface area contributed by atoms with Crippen LogP contribution in [0.5, 0.6) is 0 Å². The van der Waals surface area contributed by atoms with Crippen LogP contribution < -0.4 is 0 Å². The Morgan fingerprint density at radius 3 is 2.30 bits per heavy atom. The van der Waals surface area contributed by atoms with Gasteiger partial charge in [-0.05, 0) is 55.1 Å². The standard InChI is InChI=1S/C30H42O7/c1-15(10-17(31)11-16(2)26(36)37)18-12-23(35)30(7)25-19(32)13-21-27(3,4)22(34)8-9-28(21,5)24(25)20(33)14-29(18,30)6/h10,16,18-19,21,23,32,35H,8-9,11-14H2,1-7H3,(H,36,37)/t16?,18-,19+,21?,23+,28+,29-,30+/m1/s1. The van der Waals surface area contributed by atoms with E-state index in [1.807, 2.05) is 34.6 Å². The number of hydrogen-bond donors (Lipinski definition) is 3. The second kappa shape index (κ2) is 8.70. The maximum atomic E-state index is 14.0. The Kier molecular flexibility index (Phi) is 6.56. The van der Waals surface area contributed by atoms with Gasteiger partial charge in [0.25, 0.3) is 0 Å². The first-order valence-corrected chi connectivity index (χ1v) is 13.5. The molecule has 0 spiro atoms. The van der Waals surface area contributed by atoms with E-state index in [2.05, 4.69) is 6.92 Å². The number of Topliss-reactive ketones (excluding diaryl/α,β-unsaturated/α-hetero) is 2. The van der Waals surface area contributed by atoms with E-state index in [0.29, 0.717) is 36.8 Å². The minimum Gasteiger partial charge on any atom is -0.481 e. The minimum atomic E-state index is -1.03. The van der Waals surface area contributed by atoms with Crippen molar-refractivity contribution in [2.75, 3.05) is 0 Å². The molecule has 3 N–H and O–H groups in total. The third-order valence-electron chi connectivity index (χ3n) is 11.2. The maximum absolute atomic E-state index is 14.0. The number of carbonyl (C=O) groups is 4. The fourth-order valence-electron chi connectivity index (χ4n) is 8.77. The van der Waals surface area contributed by atoms with Crippen molar-refractivity contribution in [1.29, 1.82) is 0 Å². The predicted octanol–water partition coefficient (Wildman–Crippen LogP) is 4.05. The fraction of sp³-hybridized carbons (Fsp3) is 0.733. The fourth-order valence-corrected chi connectivity index (χ4v) is 8.77. The van der Waals surface area contributed by atoms with Gasteiger partial charge in [-0.1, -0.05) is 47.1 Å². The molecule has 8 atom stereocenters. The molecule has 4 rings (SSSR count). The third kappa shape index (κ3) is 3.75. The molecule has 0 aliphatic heterocycles. The Bertz CT molecular complexity index is 1130. The summed E-state index contributed by atoms with van der Waals surface area (Å²) in [6, 6.07) is 0.